The van der Waals surface area contributed by atoms with Gasteiger partial charge in [0.2, 0.25) is 10.0 Å². The van der Waals surface area contributed by atoms with Crippen LogP contribution in [0.4, 0.5) is 11.4 Å². The van der Waals surface area contributed by atoms with Crippen molar-refractivity contribution in [2.45, 2.75) is 4.90 Å². The monoisotopic (exact) mass is 449 g/mol. The summed E-state index contributed by atoms with van der Waals surface area (Å²) in [4.78, 5) is 10.1. The lowest BCUT2D eigenvalue weighted by Gasteiger charge is -2.26. The van der Waals surface area contributed by atoms with Crippen LogP contribution in [0.1, 0.15) is 5.56 Å². The van der Waals surface area contributed by atoms with Crippen molar-refractivity contribution >= 4 is 38.7 Å². The van der Waals surface area contributed by atoms with Gasteiger partial charge in [-0.2, -0.15) is 14.7 Å². The summed E-state index contributed by atoms with van der Waals surface area (Å²) in [5.74, 6) is 0. The van der Waals surface area contributed by atoms with Gasteiger partial charge in [0, 0.05) is 30.8 Å². The largest absolute Gasteiger partial charge is 0.379 e. The van der Waals surface area contributed by atoms with Gasteiger partial charge in [0.1, 0.15) is 11.0 Å². The Balaban J connectivity index is 1.85. The maximum Gasteiger partial charge on any atom is 0.269 e. The normalized spacial score (nSPS) is 15.4. The summed E-state index contributed by atoms with van der Waals surface area (Å²) in [5, 5.41) is 24.1. The summed E-state index contributed by atoms with van der Waals surface area (Å²) in [6.07, 6.45) is 0. The Hall–Kier alpha value is -3.04. The lowest BCUT2D eigenvalue weighted by Crippen LogP contribution is -2.40. The van der Waals surface area contributed by atoms with Crippen LogP contribution in [-0.4, -0.2) is 49.7 Å². The molecule has 10 nitrogen and oxygen atoms in total. The summed E-state index contributed by atoms with van der Waals surface area (Å²) in [6.45, 7) is 1.07. The second-order valence-electron chi connectivity index (χ2n) is 6.15. The van der Waals surface area contributed by atoms with Gasteiger partial charge < -0.3 is 4.74 Å². The van der Waals surface area contributed by atoms with E-state index in [2.05, 4.69) is 10.5 Å². The molecule has 30 heavy (non-hydrogen) atoms. The van der Waals surface area contributed by atoms with Crippen LogP contribution in [0.3, 0.4) is 0 Å². The highest BCUT2D eigenvalue weighted by Gasteiger charge is 2.28. The number of hydrogen-bond donors (Lipinski definition) is 1. The molecule has 0 amide bonds. The molecule has 1 aliphatic heterocycles. The number of nitrogens with zero attached hydrogens (tertiary/aromatic N) is 4. The van der Waals surface area contributed by atoms with Crippen LogP contribution in [-0.2, 0) is 14.8 Å². The number of hydrazone groups is 1. The first-order valence-corrected chi connectivity index (χ1v) is 10.5. The highest BCUT2D eigenvalue weighted by atomic mass is 35.5. The molecule has 1 fully saturated rings. The van der Waals surface area contributed by atoms with Crippen molar-refractivity contribution < 1.29 is 18.1 Å². The summed E-state index contributed by atoms with van der Waals surface area (Å²) in [7, 11) is -3.82. The maximum atomic E-state index is 12.9. The lowest BCUT2D eigenvalue weighted by molar-refractivity contribution is -0.384. The first-order valence-electron chi connectivity index (χ1n) is 8.69. The van der Waals surface area contributed by atoms with Gasteiger partial charge in [-0.15, -0.1) is 0 Å². The second kappa shape index (κ2) is 9.19. The number of ether oxygens (including phenoxy) is 1. The second-order valence-corrected chi connectivity index (χ2v) is 8.46. The average Bonchev–Trinajstić information content (AvgIpc) is 2.76. The predicted octanol–water partition coefficient (Wildman–Crippen LogP) is 2.61. The fourth-order valence-electron chi connectivity index (χ4n) is 2.71. The van der Waals surface area contributed by atoms with Crippen molar-refractivity contribution in [1.29, 1.82) is 5.26 Å². The summed E-state index contributed by atoms with van der Waals surface area (Å²) >= 11 is 6.12. The summed E-state index contributed by atoms with van der Waals surface area (Å²) in [6, 6.07) is 11.5. The van der Waals surface area contributed by atoms with E-state index in [0.717, 1.165) is 0 Å². The van der Waals surface area contributed by atoms with E-state index in [0.29, 0.717) is 24.5 Å². The van der Waals surface area contributed by atoms with Crippen LogP contribution < -0.4 is 5.43 Å². The zero-order valence-electron chi connectivity index (χ0n) is 15.5. The number of benzene rings is 2. The molecule has 3 rings (SSSR count). The maximum absolute atomic E-state index is 12.9. The van der Waals surface area contributed by atoms with E-state index in [9.17, 15) is 23.8 Å². The van der Waals surface area contributed by atoms with E-state index < -0.39 is 14.9 Å². The van der Waals surface area contributed by atoms with Gasteiger partial charge in [0.05, 0.1) is 28.8 Å². The number of nitrogens with one attached hydrogen (secondary N) is 1. The quantitative estimate of drug-likeness (QED) is 0.406. The van der Waals surface area contributed by atoms with E-state index in [4.69, 9.17) is 16.3 Å². The van der Waals surface area contributed by atoms with Gasteiger partial charge in [0.15, 0.2) is 5.71 Å². The molecule has 12 heteroatoms. The molecule has 0 unspecified atom stereocenters. The molecule has 1 saturated heterocycles. The van der Waals surface area contributed by atoms with Crippen molar-refractivity contribution in [2.24, 2.45) is 5.10 Å². The smallest absolute Gasteiger partial charge is 0.269 e. The van der Waals surface area contributed by atoms with E-state index in [1.54, 1.807) is 0 Å². The molecule has 0 bridgehead atoms. The van der Waals surface area contributed by atoms with Gasteiger partial charge in [0.25, 0.3) is 5.69 Å². The molecule has 0 aromatic heterocycles. The van der Waals surface area contributed by atoms with Gasteiger partial charge in [-0.1, -0.05) is 11.6 Å². The van der Waals surface area contributed by atoms with Crippen molar-refractivity contribution in [1.82, 2.24) is 4.31 Å². The number of anilines is 1. The molecule has 0 radical (unpaired) electrons. The molecule has 0 saturated carbocycles. The molecule has 1 N–H and O–H groups in total. The number of hydrogen-bond acceptors (Lipinski definition) is 8. The Labute approximate surface area is 177 Å². The highest BCUT2D eigenvalue weighted by molar-refractivity contribution is 7.89. The third-order valence-electron chi connectivity index (χ3n) is 4.27. The van der Waals surface area contributed by atoms with Crippen LogP contribution in [0.15, 0.2) is 52.5 Å². The number of morpholine rings is 1. The Morgan fingerprint density at radius 1 is 1.23 bits per heavy atom. The molecular weight excluding hydrogens is 434 g/mol. The average molecular weight is 450 g/mol. The van der Waals surface area contributed by atoms with E-state index in [1.165, 1.54) is 46.8 Å². The Morgan fingerprint density at radius 3 is 2.50 bits per heavy atom. The number of nitro groups is 1. The van der Waals surface area contributed by atoms with Crippen molar-refractivity contribution in [2.75, 3.05) is 31.7 Å². The van der Waals surface area contributed by atoms with E-state index in [-0.39, 0.29) is 34.4 Å². The minimum atomic E-state index is -3.82. The van der Waals surface area contributed by atoms with Crippen molar-refractivity contribution in [3.8, 4) is 6.07 Å². The number of sulfonamides is 1. The zero-order valence-corrected chi connectivity index (χ0v) is 17.1. The predicted molar refractivity (Wildman–Crippen MR) is 110 cm³/mol. The fourth-order valence-corrected chi connectivity index (χ4v) is 4.62. The third-order valence-corrected chi connectivity index (χ3v) is 6.65. The molecule has 2 aromatic carbocycles. The number of rotatable bonds is 6. The SMILES string of the molecule is N#C/C(=N/Nc1ccc(Cl)c(S(=O)(=O)N2CCOCC2)c1)c1ccc([N+](=O)[O-])cc1. The molecule has 2 aromatic rings. The number of halogens is 1. The van der Waals surface area contributed by atoms with Crippen LogP contribution >= 0.6 is 11.6 Å². The van der Waals surface area contributed by atoms with E-state index in [1.807, 2.05) is 6.07 Å². The molecular formula is C18H16ClN5O5S. The van der Waals surface area contributed by atoms with Gasteiger partial charge in [-0.3, -0.25) is 15.5 Å². The molecule has 0 spiro atoms. The first kappa shape index (κ1) is 21.7. The Morgan fingerprint density at radius 2 is 1.90 bits per heavy atom. The highest BCUT2D eigenvalue weighted by Crippen LogP contribution is 2.28. The van der Waals surface area contributed by atoms with Gasteiger partial charge >= 0.3 is 0 Å². The Kier molecular flexibility index (Phi) is 6.63. The number of nitriles is 1. The fraction of sp³-hybridized carbons (Fsp3) is 0.222. The van der Waals surface area contributed by atoms with Crippen LogP contribution in [0.5, 0.6) is 0 Å². The van der Waals surface area contributed by atoms with Crippen LogP contribution in [0.25, 0.3) is 0 Å². The van der Waals surface area contributed by atoms with Crippen molar-refractivity contribution in [3.05, 3.63) is 63.2 Å². The minimum absolute atomic E-state index is 0.0302. The van der Waals surface area contributed by atoms with Crippen LogP contribution in [0, 0.1) is 21.4 Å². The van der Waals surface area contributed by atoms with E-state index >= 15 is 0 Å². The van der Waals surface area contributed by atoms with Crippen LogP contribution in [0.2, 0.25) is 5.02 Å². The molecule has 156 valence electrons. The first-order chi connectivity index (χ1) is 14.3. The molecule has 0 aliphatic carbocycles. The minimum Gasteiger partial charge on any atom is -0.379 e. The lowest BCUT2D eigenvalue weighted by atomic mass is 10.1. The Bertz CT molecular complexity index is 1120. The number of non-ortho nitro benzene ring substituents is 1. The molecule has 1 heterocycles. The molecule has 0 atom stereocenters. The standard InChI is InChI=1S/C18H16ClN5O5S/c19-16-6-3-14(11-18(16)30(27,28)23-7-9-29-10-8-23)21-22-17(12-20)13-1-4-15(5-2-13)24(25)26/h1-6,11,21H,7-10H2/b22-17-. The number of nitro benzene ring substituents is 1. The summed E-state index contributed by atoms with van der Waals surface area (Å²) < 4.78 is 32.2. The summed E-state index contributed by atoms with van der Waals surface area (Å²) in [5.41, 5.74) is 3.17. The zero-order chi connectivity index (χ0) is 21.7. The third kappa shape index (κ3) is 4.74. The molecule has 1 aliphatic rings. The van der Waals surface area contributed by atoms with Gasteiger partial charge in [-0.25, -0.2) is 8.42 Å². The van der Waals surface area contributed by atoms with Gasteiger partial charge in [-0.05, 0) is 30.3 Å². The van der Waals surface area contributed by atoms with Crippen molar-refractivity contribution in [3.63, 3.8) is 0 Å². The topological polar surface area (TPSA) is 138 Å².